The van der Waals surface area contributed by atoms with Gasteiger partial charge in [-0.15, -0.1) is 0 Å². The minimum absolute atomic E-state index is 0.0220. The zero-order valence-corrected chi connectivity index (χ0v) is 11.6. The smallest absolute Gasteiger partial charge is 0.235 e. The second kappa shape index (κ2) is 5.43. The van der Waals surface area contributed by atoms with Crippen molar-refractivity contribution >= 4 is 28.9 Å². The number of nitrogens with zero attached hydrogens (tertiary/aromatic N) is 1. The summed E-state index contributed by atoms with van der Waals surface area (Å²) in [6, 6.07) is 19.3. The molecule has 1 aliphatic heterocycles. The molecule has 0 spiro atoms. The molecule has 20 heavy (non-hydrogen) atoms. The average molecular weight is 282 g/mol. The third-order valence-electron chi connectivity index (χ3n) is 3.35. The van der Waals surface area contributed by atoms with Gasteiger partial charge < -0.3 is 5.32 Å². The molecule has 1 atom stereocenters. The van der Waals surface area contributed by atoms with Crippen molar-refractivity contribution in [2.45, 2.75) is 12.5 Å². The zero-order chi connectivity index (χ0) is 13.9. The maximum absolute atomic E-state index is 12.4. The van der Waals surface area contributed by atoms with Gasteiger partial charge in [-0.3, -0.25) is 9.69 Å². The van der Waals surface area contributed by atoms with E-state index in [9.17, 15) is 4.79 Å². The number of nitrogens with one attached hydrogen (secondary N) is 1. The molecule has 1 unspecified atom stereocenters. The highest BCUT2D eigenvalue weighted by Crippen LogP contribution is 2.25. The first kappa shape index (κ1) is 12.8. The summed E-state index contributed by atoms with van der Waals surface area (Å²) in [6.45, 7) is 0. The molecule has 2 aromatic carbocycles. The molecule has 0 saturated carbocycles. The number of rotatable bonds is 2. The molecule has 1 N–H and O–H groups in total. The van der Waals surface area contributed by atoms with Crippen LogP contribution in [0.3, 0.4) is 0 Å². The van der Waals surface area contributed by atoms with Gasteiger partial charge in [-0.05, 0) is 29.9 Å². The summed E-state index contributed by atoms with van der Waals surface area (Å²) in [5, 5.41) is 3.71. The minimum Gasteiger partial charge on any atom is -0.355 e. The standard InChI is InChI=1S/C16H14N2OS/c19-15-11-14(12-7-3-1-4-8-12)17-16(20)18(15)13-9-5-2-6-10-13/h1-10,14H,11H2,(H,17,20). The first-order chi connectivity index (χ1) is 9.75. The monoisotopic (exact) mass is 282 g/mol. The number of hydrogen-bond acceptors (Lipinski definition) is 2. The molecule has 1 fully saturated rings. The molecule has 1 heterocycles. The maximum Gasteiger partial charge on any atom is 0.235 e. The lowest BCUT2D eigenvalue weighted by Crippen LogP contribution is -2.51. The highest BCUT2D eigenvalue weighted by Gasteiger charge is 2.30. The number of carbonyl (C=O) groups excluding carboxylic acids is 1. The highest BCUT2D eigenvalue weighted by atomic mass is 32.1. The van der Waals surface area contributed by atoms with Crippen LogP contribution in [0, 0.1) is 0 Å². The molecule has 1 amide bonds. The third kappa shape index (κ3) is 2.42. The fraction of sp³-hybridized carbons (Fsp3) is 0.125. The summed E-state index contributed by atoms with van der Waals surface area (Å²) in [5.74, 6) is 0.0220. The van der Waals surface area contributed by atoms with E-state index >= 15 is 0 Å². The second-order valence-corrected chi connectivity index (χ2v) is 5.07. The minimum atomic E-state index is -0.0452. The normalized spacial score (nSPS) is 18.8. The Labute approximate surface area is 123 Å². The number of anilines is 1. The lowest BCUT2D eigenvalue weighted by molar-refractivity contribution is -0.118. The van der Waals surface area contributed by atoms with Crippen LogP contribution in [0.5, 0.6) is 0 Å². The number of thiocarbonyl (C=S) groups is 1. The molecule has 0 bridgehead atoms. The van der Waals surface area contributed by atoms with E-state index in [0.29, 0.717) is 11.5 Å². The van der Waals surface area contributed by atoms with E-state index in [0.717, 1.165) is 11.3 Å². The summed E-state index contributed by atoms with van der Waals surface area (Å²) < 4.78 is 0. The third-order valence-corrected chi connectivity index (χ3v) is 3.65. The van der Waals surface area contributed by atoms with Gasteiger partial charge in [0.2, 0.25) is 5.91 Å². The van der Waals surface area contributed by atoms with Gasteiger partial charge in [0, 0.05) is 0 Å². The van der Waals surface area contributed by atoms with Crippen LogP contribution >= 0.6 is 12.2 Å². The number of carbonyl (C=O) groups is 1. The van der Waals surface area contributed by atoms with Crippen molar-refractivity contribution in [1.29, 1.82) is 0 Å². The van der Waals surface area contributed by atoms with Crippen molar-refractivity contribution < 1.29 is 4.79 Å². The quantitative estimate of drug-likeness (QED) is 0.859. The summed E-state index contributed by atoms with van der Waals surface area (Å²) in [4.78, 5) is 14.0. The van der Waals surface area contributed by atoms with Crippen LogP contribution in [0.4, 0.5) is 5.69 Å². The van der Waals surface area contributed by atoms with Crippen molar-refractivity contribution in [3.8, 4) is 0 Å². The van der Waals surface area contributed by atoms with Gasteiger partial charge in [0.05, 0.1) is 18.2 Å². The molecule has 1 aliphatic rings. The summed E-state index contributed by atoms with van der Waals surface area (Å²) in [7, 11) is 0. The van der Waals surface area contributed by atoms with E-state index in [1.807, 2.05) is 60.7 Å². The molecule has 0 radical (unpaired) electrons. The molecule has 3 nitrogen and oxygen atoms in total. The maximum atomic E-state index is 12.4. The van der Waals surface area contributed by atoms with Gasteiger partial charge in [-0.1, -0.05) is 48.5 Å². The molecule has 2 aromatic rings. The Bertz CT molecular complexity index is 609. The van der Waals surface area contributed by atoms with Crippen LogP contribution in [-0.2, 0) is 4.79 Å². The van der Waals surface area contributed by atoms with Gasteiger partial charge in [0.1, 0.15) is 0 Å². The molecule has 3 rings (SSSR count). The van der Waals surface area contributed by atoms with E-state index in [1.165, 1.54) is 0 Å². The van der Waals surface area contributed by atoms with Crippen LogP contribution < -0.4 is 10.2 Å². The molecule has 0 aromatic heterocycles. The fourth-order valence-corrected chi connectivity index (χ4v) is 2.72. The molecular formula is C16H14N2OS. The Balaban J connectivity index is 1.84. The largest absolute Gasteiger partial charge is 0.355 e. The Morgan fingerprint density at radius 3 is 2.20 bits per heavy atom. The van der Waals surface area contributed by atoms with Gasteiger partial charge >= 0.3 is 0 Å². The molecular weight excluding hydrogens is 268 g/mol. The SMILES string of the molecule is O=C1CC(c2ccccc2)NC(=S)N1c1ccccc1. The van der Waals surface area contributed by atoms with Crippen LogP contribution in [0.25, 0.3) is 0 Å². The zero-order valence-electron chi connectivity index (χ0n) is 10.8. The topological polar surface area (TPSA) is 32.3 Å². The number of para-hydroxylation sites is 1. The number of amides is 1. The fourth-order valence-electron chi connectivity index (χ4n) is 2.37. The van der Waals surface area contributed by atoms with Crippen molar-refractivity contribution in [1.82, 2.24) is 5.32 Å². The Kier molecular flexibility index (Phi) is 3.48. The second-order valence-electron chi connectivity index (χ2n) is 4.68. The van der Waals surface area contributed by atoms with Crippen LogP contribution in [-0.4, -0.2) is 11.0 Å². The first-order valence-corrected chi connectivity index (χ1v) is 6.90. The van der Waals surface area contributed by atoms with E-state index in [1.54, 1.807) is 4.90 Å². The van der Waals surface area contributed by atoms with Crippen molar-refractivity contribution in [3.63, 3.8) is 0 Å². The number of hydrogen-bond donors (Lipinski definition) is 1. The number of benzene rings is 2. The molecule has 1 saturated heterocycles. The highest BCUT2D eigenvalue weighted by molar-refractivity contribution is 7.80. The van der Waals surface area contributed by atoms with Gasteiger partial charge in [-0.25, -0.2) is 0 Å². The van der Waals surface area contributed by atoms with Crippen LogP contribution in [0.2, 0.25) is 0 Å². The van der Waals surface area contributed by atoms with Gasteiger partial charge in [0.15, 0.2) is 5.11 Å². The predicted molar refractivity (Wildman–Crippen MR) is 83.5 cm³/mol. The van der Waals surface area contributed by atoms with Gasteiger partial charge in [0.25, 0.3) is 0 Å². The van der Waals surface area contributed by atoms with Crippen molar-refractivity contribution in [3.05, 3.63) is 66.2 Å². The Morgan fingerprint density at radius 1 is 1.00 bits per heavy atom. The van der Waals surface area contributed by atoms with Crippen LogP contribution in [0.15, 0.2) is 60.7 Å². The van der Waals surface area contributed by atoms with Gasteiger partial charge in [-0.2, -0.15) is 0 Å². The summed E-state index contributed by atoms with van der Waals surface area (Å²) in [5.41, 5.74) is 1.89. The van der Waals surface area contributed by atoms with Crippen molar-refractivity contribution in [2.24, 2.45) is 0 Å². The lowest BCUT2D eigenvalue weighted by atomic mass is 10.0. The van der Waals surface area contributed by atoms with E-state index in [-0.39, 0.29) is 11.9 Å². The van der Waals surface area contributed by atoms with E-state index in [4.69, 9.17) is 12.2 Å². The van der Waals surface area contributed by atoms with Crippen LogP contribution in [0.1, 0.15) is 18.0 Å². The average Bonchev–Trinajstić information content (AvgIpc) is 2.48. The lowest BCUT2D eigenvalue weighted by Gasteiger charge is -2.33. The first-order valence-electron chi connectivity index (χ1n) is 6.49. The molecule has 4 heteroatoms. The van der Waals surface area contributed by atoms with Crippen molar-refractivity contribution in [2.75, 3.05) is 4.90 Å². The summed E-state index contributed by atoms with van der Waals surface area (Å²) in [6.07, 6.45) is 0.402. The van der Waals surface area contributed by atoms with E-state index < -0.39 is 0 Å². The molecule has 0 aliphatic carbocycles. The predicted octanol–water partition coefficient (Wildman–Crippen LogP) is 3.04. The Morgan fingerprint density at radius 2 is 1.60 bits per heavy atom. The molecule has 100 valence electrons. The Hall–Kier alpha value is -2.20. The summed E-state index contributed by atoms with van der Waals surface area (Å²) >= 11 is 5.36. The van der Waals surface area contributed by atoms with E-state index in [2.05, 4.69) is 5.32 Å².